The maximum atomic E-state index is 11.3. The molecule has 0 spiro atoms. The molecule has 0 aliphatic rings. The van der Waals surface area contributed by atoms with Gasteiger partial charge in [0.1, 0.15) is 0 Å². The molecule has 0 fully saturated rings. The van der Waals surface area contributed by atoms with Gasteiger partial charge in [0.05, 0.1) is 13.2 Å². The molecule has 2 unspecified atom stereocenters. The van der Waals surface area contributed by atoms with E-state index in [4.69, 9.17) is 4.74 Å². The molecule has 0 amide bonds. The highest BCUT2D eigenvalue weighted by atomic mass is 16.6. The Morgan fingerprint density at radius 3 is 2.00 bits per heavy atom. The van der Waals surface area contributed by atoms with Gasteiger partial charge in [-0.15, -0.1) is 0 Å². The van der Waals surface area contributed by atoms with Gasteiger partial charge in [-0.1, -0.05) is 26.2 Å². The summed E-state index contributed by atoms with van der Waals surface area (Å²) in [5.74, 6) is -2.04. The summed E-state index contributed by atoms with van der Waals surface area (Å²) in [6.07, 6.45) is -0.0467. The number of rotatable bonds is 9. The molecule has 2 N–H and O–H groups in total. The molecule has 106 valence electrons. The molecule has 0 radical (unpaired) electrons. The van der Waals surface area contributed by atoms with Gasteiger partial charge in [-0.2, -0.15) is 0 Å². The molecule has 0 saturated carbocycles. The lowest BCUT2D eigenvalue weighted by Gasteiger charge is -2.15. The molecule has 6 nitrogen and oxygen atoms in total. The zero-order chi connectivity index (χ0) is 14.0. The maximum Gasteiger partial charge on any atom is 0.338 e. The number of hydrogen-bond donors (Lipinski definition) is 2. The van der Waals surface area contributed by atoms with Gasteiger partial charge < -0.3 is 19.7 Å². The number of hydrogen-bond acceptors (Lipinski definition) is 6. The van der Waals surface area contributed by atoms with Crippen LogP contribution < -0.4 is 0 Å². The Morgan fingerprint density at radius 1 is 0.944 bits per heavy atom. The number of esters is 2. The summed E-state index contributed by atoms with van der Waals surface area (Å²) >= 11 is 0. The molecule has 0 rings (SSSR count). The predicted octanol–water partition coefficient (Wildman–Crippen LogP) is 0.395. The lowest BCUT2D eigenvalue weighted by atomic mass is 10.2. The van der Waals surface area contributed by atoms with Gasteiger partial charge in [0, 0.05) is 0 Å². The van der Waals surface area contributed by atoms with Crippen molar-refractivity contribution in [2.45, 2.75) is 51.7 Å². The third kappa shape index (κ3) is 6.56. The van der Waals surface area contributed by atoms with E-state index in [1.807, 2.05) is 0 Å². The first-order chi connectivity index (χ1) is 8.54. The summed E-state index contributed by atoms with van der Waals surface area (Å²) in [7, 11) is 0. The Labute approximate surface area is 107 Å². The van der Waals surface area contributed by atoms with E-state index in [-0.39, 0.29) is 13.2 Å². The fraction of sp³-hybridized carbons (Fsp3) is 0.833. The van der Waals surface area contributed by atoms with E-state index < -0.39 is 24.1 Å². The van der Waals surface area contributed by atoms with E-state index in [2.05, 4.69) is 11.7 Å². The van der Waals surface area contributed by atoms with Crippen LogP contribution in [0.4, 0.5) is 0 Å². The van der Waals surface area contributed by atoms with Crippen LogP contribution in [0.3, 0.4) is 0 Å². The fourth-order valence-corrected chi connectivity index (χ4v) is 1.27. The molecule has 2 atom stereocenters. The van der Waals surface area contributed by atoms with Crippen LogP contribution >= 0.6 is 0 Å². The number of unbranched alkanes of at least 4 members (excludes halogenated alkanes) is 3. The van der Waals surface area contributed by atoms with Gasteiger partial charge >= 0.3 is 11.9 Å². The monoisotopic (exact) mass is 262 g/mol. The predicted molar refractivity (Wildman–Crippen MR) is 63.7 cm³/mol. The van der Waals surface area contributed by atoms with E-state index >= 15 is 0 Å². The summed E-state index contributed by atoms with van der Waals surface area (Å²) in [6.45, 7) is 3.86. The second-order valence-electron chi connectivity index (χ2n) is 3.87. The Hall–Kier alpha value is -1.14. The average Bonchev–Trinajstić information content (AvgIpc) is 2.36. The largest absolute Gasteiger partial charge is 0.464 e. The van der Waals surface area contributed by atoms with E-state index in [0.29, 0.717) is 6.42 Å². The van der Waals surface area contributed by atoms with Crippen LogP contribution in [0.5, 0.6) is 0 Å². The number of carbonyl (C=O) groups excluding carboxylic acids is 2. The van der Waals surface area contributed by atoms with Gasteiger partial charge in [-0.25, -0.2) is 9.59 Å². The molecule has 0 saturated heterocycles. The summed E-state index contributed by atoms with van der Waals surface area (Å²) in [6, 6.07) is 0. The van der Waals surface area contributed by atoms with Crippen LogP contribution in [0.1, 0.15) is 39.5 Å². The lowest BCUT2D eigenvalue weighted by molar-refractivity contribution is -0.172. The van der Waals surface area contributed by atoms with E-state index in [1.54, 1.807) is 6.92 Å². The van der Waals surface area contributed by atoms with Crippen LogP contribution in [0.15, 0.2) is 0 Å². The Balaban J connectivity index is 3.90. The Kier molecular flexibility index (Phi) is 9.22. The van der Waals surface area contributed by atoms with Crippen LogP contribution in [0.2, 0.25) is 0 Å². The number of ether oxygens (including phenoxy) is 2. The third-order valence-corrected chi connectivity index (χ3v) is 2.31. The zero-order valence-electron chi connectivity index (χ0n) is 10.9. The smallest absolute Gasteiger partial charge is 0.338 e. The minimum Gasteiger partial charge on any atom is -0.464 e. The molecule has 0 bridgehead atoms. The van der Waals surface area contributed by atoms with Crippen molar-refractivity contribution < 1.29 is 29.3 Å². The number of aliphatic hydroxyl groups excluding tert-OH is 2. The van der Waals surface area contributed by atoms with Crippen LogP contribution in [-0.4, -0.2) is 47.6 Å². The molecule has 0 aliphatic carbocycles. The van der Waals surface area contributed by atoms with E-state index in [1.165, 1.54) is 0 Å². The minimum absolute atomic E-state index is 0.0642. The van der Waals surface area contributed by atoms with Gasteiger partial charge in [-0.05, 0) is 13.3 Å². The summed E-state index contributed by atoms with van der Waals surface area (Å²) in [5, 5.41) is 18.7. The molecular formula is C12H22O6. The first kappa shape index (κ1) is 16.9. The Morgan fingerprint density at radius 2 is 1.50 bits per heavy atom. The minimum atomic E-state index is -1.90. The van der Waals surface area contributed by atoms with Gasteiger partial charge in [0.2, 0.25) is 0 Å². The second-order valence-corrected chi connectivity index (χ2v) is 3.87. The van der Waals surface area contributed by atoms with Crippen molar-refractivity contribution in [3.63, 3.8) is 0 Å². The number of aliphatic hydroxyl groups is 2. The zero-order valence-corrected chi connectivity index (χ0v) is 10.9. The standard InChI is InChI=1S/C12H22O6/c1-3-5-6-7-8-18-12(16)10(14)9(13)11(15)17-4-2/h9-10,13-14H,3-8H2,1-2H3. The summed E-state index contributed by atoms with van der Waals surface area (Å²) in [5.41, 5.74) is 0. The molecule has 0 aliphatic heterocycles. The van der Waals surface area contributed by atoms with E-state index in [0.717, 1.165) is 19.3 Å². The highest BCUT2D eigenvalue weighted by Gasteiger charge is 2.32. The van der Waals surface area contributed by atoms with Crippen molar-refractivity contribution >= 4 is 11.9 Å². The van der Waals surface area contributed by atoms with Crippen molar-refractivity contribution in [2.75, 3.05) is 13.2 Å². The highest BCUT2D eigenvalue weighted by molar-refractivity contribution is 5.85. The van der Waals surface area contributed by atoms with Gasteiger partial charge in [0.15, 0.2) is 12.2 Å². The SMILES string of the molecule is CCCCCCOC(=O)C(O)C(O)C(=O)OCC. The lowest BCUT2D eigenvalue weighted by Crippen LogP contribution is -2.41. The number of carbonyl (C=O) groups is 2. The molecule has 0 aromatic rings. The van der Waals surface area contributed by atoms with Gasteiger partial charge in [0.25, 0.3) is 0 Å². The first-order valence-corrected chi connectivity index (χ1v) is 6.24. The molecular weight excluding hydrogens is 240 g/mol. The third-order valence-electron chi connectivity index (χ3n) is 2.31. The molecule has 6 heteroatoms. The summed E-state index contributed by atoms with van der Waals surface area (Å²) < 4.78 is 9.22. The van der Waals surface area contributed by atoms with Crippen LogP contribution in [-0.2, 0) is 19.1 Å². The first-order valence-electron chi connectivity index (χ1n) is 6.24. The quantitative estimate of drug-likeness (QED) is 0.461. The van der Waals surface area contributed by atoms with Crippen LogP contribution in [0.25, 0.3) is 0 Å². The van der Waals surface area contributed by atoms with E-state index in [9.17, 15) is 19.8 Å². The van der Waals surface area contributed by atoms with Crippen molar-refractivity contribution in [3.8, 4) is 0 Å². The molecule has 0 heterocycles. The van der Waals surface area contributed by atoms with Crippen molar-refractivity contribution in [1.29, 1.82) is 0 Å². The molecule has 0 aromatic carbocycles. The topological polar surface area (TPSA) is 93.1 Å². The van der Waals surface area contributed by atoms with Gasteiger partial charge in [-0.3, -0.25) is 0 Å². The fourth-order valence-electron chi connectivity index (χ4n) is 1.27. The highest BCUT2D eigenvalue weighted by Crippen LogP contribution is 2.03. The average molecular weight is 262 g/mol. The van der Waals surface area contributed by atoms with Crippen LogP contribution in [0, 0.1) is 0 Å². The Bertz CT molecular complexity index is 253. The molecule has 0 aromatic heterocycles. The molecule has 18 heavy (non-hydrogen) atoms. The van der Waals surface area contributed by atoms with Crippen molar-refractivity contribution in [3.05, 3.63) is 0 Å². The maximum absolute atomic E-state index is 11.3. The van der Waals surface area contributed by atoms with Crippen molar-refractivity contribution in [2.24, 2.45) is 0 Å². The summed E-state index contributed by atoms with van der Waals surface area (Å²) in [4.78, 5) is 22.3. The second kappa shape index (κ2) is 9.85. The normalized spacial score (nSPS) is 13.8. The van der Waals surface area contributed by atoms with Crippen molar-refractivity contribution in [1.82, 2.24) is 0 Å².